The maximum Gasteiger partial charge on any atom is 0.248 e. The third kappa shape index (κ3) is 4.26. The number of primary amides is 1. The van der Waals surface area contributed by atoms with E-state index >= 15 is 0 Å². The molecule has 158 valence electrons. The minimum absolute atomic E-state index is 0.0805. The highest BCUT2D eigenvalue weighted by Gasteiger charge is 2.33. The van der Waals surface area contributed by atoms with Crippen molar-refractivity contribution in [3.8, 4) is 11.5 Å². The third-order valence-corrected chi connectivity index (χ3v) is 5.76. The normalized spacial score (nSPS) is 19.7. The summed E-state index contributed by atoms with van der Waals surface area (Å²) in [4.78, 5) is 26.3. The van der Waals surface area contributed by atoms with Crippen LogP contribution in [0.15, 0.2) is 42.5 Å². The molecule has 2 aromatic carbocycles. The number of hydrogen-bond acceptors (Lipinski definition) is 5. The predicted molar refractivity (Wildman–Crippen MR) is 114 cm³/mol. The lowest BCUT2D eigenvalue weighted by Crippen LogP contribution is -2.41. The number of nitrogens with one attached hydrogen (secondary N) is 1. The summed E-state index contributed by atoms with van der Waals surface area (Å²) in [7, 11) is 0. The van der Waals surface area contributed by atoms with Crippen LogP contribution >= 0.6 is 0 Å². The summed E-state index contributed by atoms with van der Waals surface area (Å²) in [5.74, 6) is 0.994. The standard InChI is InChI=1S/C23H27N3O4/c1-15(23(28)25-18-8-5-16(6-9-18)22(24)27)26-11-2-4-19(26)17-7-10-20-21(14-17)30-13-3-12-29-20/h5-10,14-15,19H,2-4,11-13H2,1H3,(H2,24,27)(H,25,28). The smallest absolute Gasteiger partial charge is 0.248 e. The van der Waals surface area contributed by atoms with Gasteiger partial charge in [0, 0.05) is 23.7 Å². The predicted octanol–water partition coefficient (Wildman–Crippen LogP) is 3.11. The topological polar surface area (TPSA) is 93.9 Å². The number of hydrogen-bond donors (Lipinski definition) is 2. The minimum Gasteiger partial charge on any atom is -0.490 e. The maximum absolute atomic E-state index is 12.9. The van der Waals surface area contributed by atoms with Crippen LogP contribution in [0.5, 0.6) is 11.5 Å². The number of likely N-dealkylation sites (tertiary alicyclic amines) is 1. The summed E-state index contributed by atoms with van der Waals surface area (Å²) >= 11 is 0. The lowest BCUT2D eigenvalue weighted by Gasteiger charge is -2.30. The van der Waals surface area contributed by atoms with E-state index < -0.39 is 5.91 Å². The highest BCUT2D eigenvalue weighted by molar-refractivity contribution is 5.96. The van der Waals surface area contributed by atoms with Crippen LogP contribution < -0.4 is 20.5 Å². The van der Waals surface area contributed by atoms with Crippen molar-refractivity contribution in [2.24, 2.45) is 5.73 Å². The summed E-state index contributed by atoms with van der Waals surface area (Å²) in [6, 6.07) is 12.5. The lowest BCUT2D eigenvalue weighted by molar-refractivity contribution is -0.121. The summed E-state index contributed by atoms with van der Waals surface area (Å²) in [5, 5.41) is 2.94. The van der Waals surface area contributed by atoms with Gasteiger partial charge in [0.05, 0.1) is 19.3 Å². The van der Waals surface area contributed by atoms with Crippen molar-refractivity contribution < 1.29 is 19.1 Å². The molecule has 2 aliphatic heterocycles. The lowest BCUT2D eigenvalue weighted by atomic mass is 10.0. The molecule has 0 spiro atoms. The second-order valence-corrected chi connectivity index (χ2v) is 7.76. The molecule has 2 atom stereocenters. The van der Waals surface area contributed by atoms with Crippen LogP contribution in [-0.2, 0) is 4.79 Å². The number of amides is 2. The number of nitrogens with two attached hydrogens (primary N) is 1. The van der Waals surface area contributed by atoms with E-state index in [1.54, 1.807) is 24.3 Å². The van der Waals surface area contributed by atoms with Gasteiger partial charge in [0.2, 0.25) is 11.8 Å². The zero-order chi connectivity index (χ0) is 21.1. The highest BCUT2D eigenvalue weighted by atomic mass is 16.5. The van der Waals surface area contributed by atoms with Gasteiger partial charge in [-0.1, -0.05) is 6.07 Å². The monoisotopic (exact) mass is 409 g/mol. The van der Waals surface area contributed by atoms with Gasteiger partial charge in [0.25, 0.3) is 0 Å². The molecule has 0 aromatic heterocycles. The Hall–Kier alpha value is -3.06. The molecule has 30 heavy (non-hydrogen) atoms. The van der Waals surface area contributed by atoms with Crippen molar-refractivity contribution in [1.82, 2.24) is 4.90 Å². The zero-order valence-electron chi connectivity index (χ0n) is 17.1. The van der Waals surface area contributed by atoms with Crippen LogP contribution in [0.1, 0.15) is 48.1 Å². The summed E-state index contributed by atoms with van der Waals surface area (Å²) in [6.07, 6.45) is 2.89. The number of ether oxygens (including phenoxy) is 2. The van der Waals surface area contributed by atoms with E-state index in [2.05, 4.69) is 22.3 Å². The molecule has 7 nitrogen and oxygen atoms in total. The molecule has 7 heteroatoms. The fraction of sp³-hybridized carbons (Fsp3) is 0.391. The molecule has 1 saturated heterocycles. The van der Waals surface area contributed by atoms with Gasteiger partial charge in [-0.2, -0.15) is 0 Å². The molecule has 1 fully saturated rings. The van der Waals surface area contributed by atoms with Crippen molar-refractivity contribution in [3.63, 3.8) is 0 Å². The van der Waals surface area contributed by atoms with Gasteiger partial charge in [-0.3, -0.25) is 14.5 Å². The molecule has 2 aromatic rings. The van der Waals surface area contributed by atoms with E-state index in [-0.39, 0.29) is 18.0 Å². The Morgan fingerprint density at radius 1 is 1.07 bits per heavy atom. The molecule has 0 bridgehead atoms. The van der Waals surface area contributed by atoms with Gasteiger partial charge in [-0.05, 0) is 68.3 Å². The largest absolute Gasteiger partial charge is 0.490 e. The molecule has 3 N–H and O–H groups in total. The van der Waals surface area contributed by atoms with Gasteiger partial charge in [0.1, 0.15) is 0 Å². The zero-order valence-corrected chi connectivity index (χ0v) is 17.1. The van der Waals surface area contributed by atoms with Gasteiger partial charge in [0.15, 0.2) is 11.5 Å². The molecule has 2 unspecified atom stereocenters. The van der Waals surface area contributed by atoms with E-state index in [0.717, 1.165) is 42.9 Å². The van der Waals surface area contributed by atoms with Gasteiger partial charge in [-0.15, -0.1) is 0 Å². The maximum atomic E-state index is 12.9. The number of nitrogens with zero attached hydrogens (tertiary/aromatic N) is 1. The molecule has 2 aliphatic rings. The van der Waals surface area contributed by atoms with Gasteiger partial charge < -0.3 is 20.5 Å². The summed E-state index contributed by atoms with van der Waals surface area (Å²) in [6.45, 7) is 4.10. The Labute approximate surface area is 176 Å². The first-order valence-corrected chi connectivity index (χ1v) is 10.4. The fourth-order valence-corrected chi connectivity index (χ4v) is 4.11. The van der Waals surface area contributed by atoms with E-state index in [9.17, 15) is 9.59 Å². The minimum atomic E-state index is -0.490. The van der Waals surface area contributed by atoms with Crippen molar-refractivity contribution in [2.45, 2.75) is 38.3 Å². The van der Waals surface area contributed by atoms with Crippen LogP contribution in [0.25, 0.3) is 0 Å². The van der Waals surface area contributed by atoms with Crippen molar-refractivity contribution in [1.29, 1.82) is 0 Å². The van der Waals surface area contributed by atoms with E-state index in [4.69, 9.17) is 15.2 Å². The Morgan fingerprint density at radius 3 is 2.53 bits per heavy atom. The molecule has 4 rings (SSSR count). The molecule has 0 radical (unpaired) electrons. The van der Waals surface area contributed by atoms with Crippen LogP contribution in [0, 0.1) is 0 Å². The van der Waals surface area contributed by atoms with Crippen molar-refractivity contribution in [3.05, 3.63) is 53.6 Å². The quantitative estimate of drug-likeness (QED) is 0.791. The first-order valence-electron chi connectivity index (χ1n) is 10.4. The van der Waals surface area contributed by atoms with Crippen LogP contribution in [0.3, 0.4) is 0 Å². The van der Waals surface area contributed by atoms with E-state index in [1.165, 1.54) is 0 Å². The summed E-state index contributed by atoms with van der Waals surface area (Å²) in [5.41, 5.74) is 7.46. The average Bonchev–Trinajstić information content (AvgIpc) is 3.12. The highest BCUT2D eigenvalue weighted by Crippen LogP contribution is 2.38. The molecule has 0 saturated carbocycles. The van der Waals surface area contributed by atoms with Crippen LogP contribution in [-0.4, -0.2) is 42.5 Å². The Balaban J connectivity index is 1.46. The number of fused-ring (bicyclic) bond motifs is 1. The van der Waals surface area contributed by atoms with Gasteiger partial charge >= 0.3 is 0 Å². The second-order valence-electron chi connectivity index (χ2n) is 7.76. The molecule has 2 amide bonds. The van der Waals surface area contributed by atoms with E-state index in [1.807, 2.05) is 13.0 Å². The van der Waals surface area contributed by atoms with Crippen LogP contribution in [0.4, 0.5) is 5.69 Å². The Morgan fingerprint density at radius 2 is 1.80 bits per heavy atom. The average molecular weight is 409 g/mol. The number of carbonyl (C=O) groups is 2. The third-order valence-electron chi connectivity index (χ3n) is 5.76. The molecular weight excluding hydrogens is 382 g/mol. The number of benzene rings is 2. The molecular formula is C23H27N3O4. The van der Waals surface area contributed by atoms with Crippen LogP contribution in [0.2, 0.25) is 0 Å². The molecule has 2 heterocycles. The first-order chi connectivity index (χ1) is 14.5. The van der Waals surface area contributed by atoms with Crippen molar-refractivity contribution >= 4 is 17.5 Å². The number of rotatable bonds is 5. The Bertz CT molecular complexity index is 929. The Kier molecular flexibility index (Phi) is 5.90. The number of carbonyl (C=O) groups excluding carboxylic acids is 2. The van der Waals surface area contributed by atoms with Gasteiger partial charge in [-0.25, -0.2) is 0 Å². The fourth-order valence-electron chi connectivity index (χ4n) is 4.11. The first kappa shape index (κ1) is 20.2. The number of anilines is 1. The SMILES string of the molecule is CC(C(=O)Nc1ccc(C(N)=O)cc1)N1CCCC1c1ccc2c(c1)OCCCO2. The summed E-state index contributed by atoms with van der Waals surface area (Å²) < 4.78 is 11.6. The van der Waals surface area contributed by atoms with Crippen molar-refractivity contribution in [2.75, 3.05) is 25.1 Å². The van der Waals surface area contributed by atoms with E-state index in [0.29, 0.717) is 24.5 Å². The second kappa shape index (κ2) is 8.75. The molecule has 0 aliphatic carbocycles.